The maximum atomic E-state index is 10.1. The van der Waals surface area contributed by atoms with Crippen LogP contribution in [-0.2, 0) is 11.2 Å². The maximum Gasteiger partial charge on any atom is 0.133 e. The Morgan fingerprint density at radius 3 is 3.00 bits per heavy atom. The van der Waals surface area contributed by atoms with Gasteiger partial charge in [0.25, 0.3) is 0 Å². The lowest BCUT2D eigenvalue weighted by atomic mass is 10.1. The van der Waals surface area contributed by atoms with E-state index in [1.807, 2.05) is 6.07 Å². The van der Waals surface area contributed by atoms with E-state index in [2.05, 4.69) is 40.3 Å². The Hall–Kier alpha value is -0.670. The molecule has 1 aromatic rings. The van der Waals surface area contributed by atoms with Crippen LogP contribution in [0, 0.1) is 6.92 Å². The lowest BCUT2D eigenvalue weighted by molar-refractivity contribution is -0.107. The van der Waals surface area contributed by atoms with Gasteiger partial charge in [-0.1, -0.05) is 22.0 Å². The summed E-state index contributed by atoms with van der Waals surface area (Å²) in [5.41, 5.74) is 2.61. The predicted molar refractivity (Wildman–Crippen MR) is 61.5 cm³/mol. The second kappa shape index (κ2) is 5.94. The number of carbonyl (C=O) groups is 1. The first-order valence-electron chi connectivity index (χ1n) is 4.63. The van der Waals surface area contributed by atoms with Gasteiger partial charge in [-0.3, -0.25) is 0 Å². The zero-order chi connectivity index (χ0) is 10.4. The van der Waals surface area contributed by atoms with Crippen LogP contribution in [0.2, 0.25) is 0 Å². The van der Waals surface area contributed by atoms with E-state index in [1.165, 1.54) is 11.1 Å². The number of benzene rings is 1. The molecule has 0 radical (unpaired) electrons. The van der Waals surface area contributed by atoms with Crippen LogP contribution in [0.3, 0.4) is 0 Å². The maximum absolute atomic E-state index is 10.1. The minimum absolute atomic E-state index is 0.438. The van der Waals surface area contributed by atoms with Gasteiger partial charge in [0, 0.05) is 4.47 Å². The van der Waals surface area contributed by atoms with Crippen LogP contribution in [-0.4, -0.2) is 19.4 Å². The van der Waals surface area contributed by atoms with Crippen molar-refractivity contribution in [2.75, 3.05) is 13.1 Å². The Morgan fingerprint density at radius 2 is 2.29 bits per heavy atom. The molecule has 0 heterocycles. The lowest BCUT2D eigenvalue weighted by Crippen LogP contribution is -2.19. The smallest absolute Gasteiger partial charge is 0.133 e. The van der Waals surface area contributed by atoms with Crippen molar-refractivity contribution in [2.45, 2.75) is 13.3 Å². The van der Waals surface area contributed by atoms with Crippen molar-refractivity contribution in [2.24, 2.45) is 0 Å². The van der Waals surface area contributed by atoms with Crippen molar-refractivity contribution in [3.05, 3.63) is 33.8 Å². The standard InChI is InChI=1S/C11H14BrNO/c1-9-2-3-11(12)8-10(9)4-5-13-6-7-14/h2-3,7-8,13H,4-6H2,1H3. The Morgan fingerprint density at radius 1 is 1.50 bits per heavy atom. The summed E-state index contributed by atoms with van der Waals surface area (Å²) in [5, 5.41) is 3.05. The van der Waals surface area contributed by atoms with Gasteiger partial charge in [0.05, 0.1) is 6.54 Å². The molecule has 1 N–H and O–H groups in total. The molecule has 0 fully saturated rings. The van der Waals surface area contributed by atoms with Crippen LogP contribution in [0.5, 0.6) is 0 Å². The molecule has 0 aliphatic heterocycles. The van der Waals surface area contributed by atoms with Crippen molar-refractivity contribution in [1.29, 1.82) is 0 Å². The molecule has 0 saturated heterocycles. The van der Waals surface area contributed by atoms with Gasteiger partial charge in [-0.25, -0.2) is 0 Å². The summed E-state index contributed by atoms with van der Waals surface area (Å²) in [7, 11) is 0. The summed E-state index contributed by atoms with van der Waals surface area (Å²) in [6.45, 7) is 3.38. The number of nitrogens with one attached hydrogen (secondary N) is 1. The zero-order valence-electron chi connectivity index (χ0n) is 8.22. The van der Waals surface area contributed by atoms with Crippen molar-refractivity contribution >= 4 is 22.2 Å². The summed E-state index contributed by atoms with van der Waals surface area (Å²) < 4.78 is 1.11. The lowest BCUT2D eigenvalue weighted by Gasteiger charge is -2.06. The molecule has 0 aromatic heterocycles. The molecule has 0 aliphatic carbocycles. The molecule has 0 amide bonds. The van der Waals surface area contributed by atoms with E-state index in [0.717, 1.165) is 23.7 Å². The summed E-state index contributed by atoms with van der Waals surface area (Å²) in [5.74, 6) is 0. The molecular weight excluding hydrogens is 242 g/mol. The Bertz CT molecular complexity index is 312. The second-order valence-corrected chi connectivity index (χ2v) is 4.11. The average Bonchev–Trinajstić information content (AvgIpc) is 2.18. The normalized spacial score (nSPS) is 10.1. The van der Waals surface area contributed by atoms with Crippen LogP contribution in [0.25, 0.3) is 0 Å². The average molecular weight is 256 g/mol. The van der Waals surface area contributed by atoms with Gasteiger partial charge in [-0.05, 0) is 43.1 Å². The highest BCUT2D eigenvalue weighted by molar-refractivity contribution is 9.10. The number of aryl methyl sites for hydroxylation is 1. The molecule has 3 heteroatoms. The van der Waals surface area contributed by atoms with E-state index in [9.17, 15) is 4.79 Å². The minimum atomic E-state index is 0.438. The van der Waals surface area contributed by atoms with E-state index in [4.69, 9.17) is 0 Å². The highest BCUT2D eigenvalue weighted by atomic mass is 79.9. The molecule has 0 spiro atoms. The third kappa shape index (κ3) is 3.60. The molecule has 1 rings (SSSR count). The monoisotopic (exact) mass is 255 g/mol. The Kier molecular flexibility index (Phi) is 4.84. The topological polar surface area (TPSA) is 29.1 Å². The molecule has 0 unspecified atom stereocenters. The summed E-state index contributed by atoms with van der Waals surface area (Å²) >= 11 is 3.44. The highest BCUT2D eigenvalue weighted by Crippen LogP contribution is 2.16. The third-order valence-corrected chi connectivity index (χ3v) is 2.60. The second-order valence-electron chi connectivity index (χ2n) is 3.19. The Labute approximate surface area is 92.8 Å². The molecule has 0 bridgehead atoms. The molecule has 14 heavy (non-hydrogen) atoms. The van der Waals surface area contributed by atoms with Crippen molar-refractivity contribution < 1.29 is 4.79 Å². The van der Waals surface area contributed by atoms with Gasteiger partial charge in [-0.15, -0.1) is 0 Å². The van der Waals surface area contributed by atoms with Crippen LogP contribution in [0.1, 0.15) is 11.1 Å². The molecule has 76 valence electrons. The largest absolute Gasteiger partial charge is 0.310 e. The summed E-state index contributed by atoms with van der Waals surface area (Å²) in [6.07, 6.45) is 1.84. The number of rotatable bonds is 5. The number of aldehydes is 1. The van der Waals surface area contributed by atoms with Gasteiger partial charge in [0.1, 0.15) is 6.29 Å². The first kappa shape index (κ1) is 11.4. The van der Waals surface area contributed by atoms with Crippen molar-refractivity contribution in [3.8, 4) is 0 Å². The fourth-order valence-corrected chi connectivity index (χ4v) is 1.70. The summed E-state index contributed by atoms with van der Waals surface area (Å²) in [4.78, 5) is 10.1. The third-order valence-electron chi connectivity index (χ3n) is 2.11. The zero-order valence-corrected chi connectivity index (χ0v) is 9.80. The van der Waals surface area contributed by atoms with Crippen LogP contribution < -0.4 is 5.32 Å². The van der Waals surface area contributed by atoms with Crippen molar-refractivity contribution in [1.82, 2.24) is 5.32 Å². The molecule has 0 saturated carbocycles. The number of hydrogen-bond donors (Lipinski definition) is 1. The van der Waals surface area contributed by atoms with E-state index in [-0.39, 0.29) is 0 Å². The molecule has 0 atom stereocenters. The fourth-order valence-electron chi connectivity index (χ4n) is 1.29. The minimum Gasteiger partial charge on any atom is -0.310 e. The fraction of sp³-hybridized carbons (Fsp3) is 0.364. The van der Waals surface area contributed by atoms with E-state index >= 15 is 0 Å². The SMILES string of the molecule is Cc1ccc(Br)cc1CCNCC=O. The van der Waals surface area contributed by atoms with Crippen LogP contribution in [0.4, 0.5) is 0 Å². The van der Waals surface area contributed by atoms with E-state index < -0.39 is 0 Å². The van der Waals surface area contributed by atoms with Crippen molar-refractivity contribution in [3.63, 3.8) is 0 Å². The highest BCUT2D eigenvalue weighted by Gasteiger charge is 1.98. The molecular formula is C11H14BrNO. The van der Waals surface area contributed by atoms with Gasteiger partial charge < -0.3 is 10.1 Å². The van der Waals surface area contributed by atoms with Crippen LogP contribution >= 0.6 is 15.9 Å². The van der Waals surface area contributed by atoms with Gasteiger partial charge in [0.2, 0.25) is 0 Å². The van der Waals surface area contributed by atoms with E-state index in [0.29, 0.717) is 6.54 Å². The molecule has 0 aliphatic rings. The van der Waals surface area contributed by atoms with E-state index in [1.54, 1.807) is 0 Å². The number of hydrogen-bond acceptors (Lipinski definition) is 2. The number of carbonyl (C=O) groups excluding carboxylic acids is 1. The Balaban J connectivity index is 2.49. The van der Waals surface area contributed by atoms with Gasteiger partial charge in [0.15, 0.2) is 0 Å². The quantitative estimate of drug-likeness (QED) is 0.645. The van der Waals surface area contributed by atoms with Crippen LogP contribution in [0.15, 0.2) is 22.7 Å². The molecule has 2 nitrogen and oxygen atoms in total. The first-order valence-corrected chi connectivity index (χ1v) is 5.42. The van der Waals surface area contributed by atoms with Gasteiger partial charge >= 0.3 is 0 Å². The number of halogens is 1. The predicted octanol–water partition coefficient (Wildman–Crippen LogP) is 2.09. The first-order chi connectivity index (χ1) is 6.74. The summed E-state index contributed by atoms with van der Waals surface area (Å²) in [6, 6.07) is 6.26. The molecule has 1 aromatic carbocycles. The van der Waals surface area contributed by atoms with Gasteiger partial charge in [-0.2, -0.15) is 0 Å².